The zero-order chi connectivity index (χ0) is 10.7. The van der Waals surface area contributed by atoms with Gasteiger partial charge in [-0.25, -0.2) is 0 Å². The van der Waals surface area contributed by atoms with Crippen LogP contribution in [0.25, 0.3) is 0 Å². The van der Waals surface area contributed by atoms with Gasteiger partial charge in [-0.3, -0.25) is 0 Å². The van der Waals surface area contributed by atoms with Gasteiger partial charge in [0.2, 0.25) is 0 Å². The van der Waals surface area contributed by atoms with Gasteiger partial charge >= 0.3 is 0 Å². The fourth-order valence-electron chi connectivity index (χ4n) is 1.57. The molecule has 0 amide bonds. The number of hydrogen-bond donors (Lipinski definition) is 1. The van der Waals surface area contributed by atoms with Crippen molar-refractivity contribution < 1.29 is 5.11 Å². The average Bonchev–Trinajstić information content (AvgIpc) is 2.14. The minimum absolute atomic E-state index is 0.241. The summed E-state index contributed by atoms with van der Waals surface area (Å²) < 4.78 is 0. The lowest BCUT2D eigenvalue weighted by Crippen LogP contribution is -2.08. The molecular formula is C12H17ClO. The summed E-state index contributed by atoms with van der Waals surface area (Å²) >= 11 is 6.06. The van der Waals surface area contributed by atoms with Crippen molar-refractivity contribution >= 4 is 11.6 Å². The Morgan fingerprint density at radius 1 is 1.29 bits per heavy atom. The number of rotatable bonds is 3. The summed E-state index contributed by atoms with van der Waals surface area (Å²) in [6.07, 6.45) is 1.27. The number of aliphatic hydroxyl groups excluding tert-OH is 1. The highest BCUT2D eigenvalue weighted by Crippen LogP contribution is 2.22. The molecule has 1 unspecified atom stereocenters. The standard InChI is InChI=1S/C12H17ClO/c1-4-11(14)7-10-5-8(2)12(13)9(3)6-10/h5-6,11,14H,4,7H2,1-3H3. The Morgan fingerprint density at radius 3 is 2.21 bits per heavy atom. The Kier molecular flexibility index (Phi) is 3.97. The van der Waals surface area contributed by atoms with Crippen molar-refractivity contribution in [2.45, 2.75) is 39.7 Å². The number of halogens is 1. The SMILES string of the molecule is CCC(O)Cc1cc(C)c(Cl)c(C)c1. The molecule has 1 nitrogen and oxygen atoms in total. The third-order valence-corrected chi connectivity index (χ3v) is 3.03. The zero-order valence-electron chi connectivity index (χ0n) is 8.97. The van der Waals surface area contributed by atoms with Crippen LogP contribution in [0.15, 0.2) is 12.1 Å². The highest BCUT2D eigenvalue weighted by atomic mass is 35.5. The Morgan fingerprint density at radius 2 is 1.79 bits per heavy atom. The van der Waals surface area contributed by atoms with Gasteiger partial charge in [-0.15, -0.1) is 0 Å². The van der Waals surface area contributed by atoms with Crippen LogP contribution in [-0.2, 0) is 6.42 Å². The van der Waals surface area contributed by atoms with Crippen molar-refractivity contribution in [3.8, 4) is 0 Å². The van der Waals surface area contributed by atoms with Gasteiger partial charge in [0.05, 0.1) is 6.10 Å². The maximum absolute atomic E-state index is 9.53. The summed E-state index contributed by atoms with van der Waals surface area (Å²) in [7, 11) is 0. The van der Waals surface area contributed by atoms with E-state index in [1.807, 2.05) is 32.9 Å². The van der Waals surface area contributed by atoms with E-state index in [1.165, 1.54) is 5.56 Å². The van der Waals surface area contributed by atoms with Crippen molar-refractivity contribution in [3.05, 3.63) is 33.8 Å². The lowest BCUT2D eigenvalue weighted by Gasteiger charge is -2.10. The van der Waals surface area contributed by atoms with E-state index in [4.69, 9.17) is 11.6 Å². The zero-order valence-corrected chi connectivity index (χ0v) is 9.73. The van der Waals surface area contributed by atoms with Crippen molar-refractivity contribution in [1.29, 1.82) is 0 Å². The van der Waals surface area contributed by atoms with E-state index in [-0.39, 0.29) is 6.10 Å². The van der Waals surface area contributed by atoms with Crippen LogP contribution in [0.4, 0.5) is 0 Å². The van der Waals surface area contributed by atoms with E-state index >= 15 is 0 Å². The first-order valence-corrected chi connectivity index (χ1v) is 5.36. The highest BCUT2D eigenvalue weighted by molar-refractivity contribution is 6.32. The fraction of sp³-hybridized carbons (Fsp3) is 0.500. The van der Waals surface area contributed by atoms with Crippen molar-refractivity contribution in [2.75, 3.05) is 0 Å². The van der Waals surface area contributed by atoms with Crippen LogP contribution in [0.3, 0.4) is 0 Å². The predicted molar refractivity (Wildman–Crippen MR) is 60.9 cm³/mol. The molecular weight excluding hydrogens is 196 g/mol. The lowest BCUT2D eigenvalue weighted by molar-refractivity contribution is 0.171. The van der Waals surface area contributed by atoms with Crippen LogP contribution < -0.4 is 0 Å². The van der Waals surface area contributed by atoms with E-state index in [0.29, 0.717) is 0 Å². The maximum Gasteiger partial charge on any atom is 0.0577 e. The first kappa shape index (κ1) is 11.5. The third-order valence-electron chi connectivity index (χ3n) is 2.44. The van der Waals surface area contributed by atoms with Crippen LogP contribution >= 0.6 is 11.6 Å². The summed E-state index contributed by atoms with van der Waals surface area (Å²) in [5, 5.41) is 10.4. The van der Waals surface area contributed by atoms with E-state index in [9.17, 15) is 5.11 Å². The highest BCUT2D eigenvalue weighted by Gasteiger charge is 2.06. The maximum atomic E-state index is 9.53. The number of hydrogen-bond acceptors (Lipinski definition) is 1. The second kappa shape index (κ2) is 4.81. The van der Waals surface area contributed by atoms with E-state index in [2.05, 4.69) is 0 Å². The Bertz CT molecular complexity index is 297. The molecule has 0 aromatic heterocycles. The van der Waals surface area contributed by atoms with Crippen molar-refractivity contribution in [2.24, 2.45) is 0 Å². The Balaban J connectivity index is 2.89. The summed E-state index contributed by atoms with van der Waals surface area (Å²) in [6.45, 7) is 5.98. The molecule has 0 bridgehead atoms. The molecule has 0 saturated heterocycles. The topological polar surface area (TPSA) is 20.2 Å². The Hall–Kier alpha value is -0.530. The van der Waals surface area contributed by atoms with Crippen LogP contribution in [0.2, 0.25) is 5.02 Å². The molecule has 78 valence electrons. The quantitative estimate of drug-likeness (QED) is 0.816. The molecule has 0 aliphatic heterocycles. The number of benzene rings is 1. The largest absolute Gasteiger partial charge is 0.393 e. The average molecular weight is 213 g/mol. The summed E-state index contributed by atoms with van der Waals surface area (Å²) in [5.74, 6) is 0. The minimum Gasteiger partial charge on any atom is -0.393 e. The van der Waals surface area contributed by atoms with Gasteiger partial charge in [0.25, 0.3) is 0 Å². The molecule has 0 aliphatic carbocycles. The first-order valence-electron chi connectivity index (χ1n) is 4.98. The van der Waals surface area contributed by atoms with E-state index in [0.717, 1.165) is 29.0 Å². The van der Waals surface area contributed by atoms with Gasteiger partial charge in [-0.2, -0.15) is 0 Å². The van der Waals surface area contributed by atoms with Crippen LogP contribution in [0.1, 0.15) is 30.0 Å². The van der Waals surface area contributed by atoms with Crippen LogP contribution in [-0.4, -0.2) is 11.2 Å². The summed E-state index contributed by atoms with van der Waals surface area (Å²) in [6, 6.07) is 4.10. The van der Waals surface area contributed by atoms with Crippen LogP contribution in [0, 0.1) is 13.8 Å². The molecule has 0 aliphatic rings. The molecule has 1 aromatic rings. The minimum atomic E-state index is -0.241. The second-order valence-electron chi connectivity index (χ2n) is 3.81. The molecule has 1 aromatic carbocycles. The predicted octanol–water partition coefficient (Wildman–Crippen LogP) is 3.27. The smallest absolute Gasteiger partial charge is 0.0577 e. The number of aryl methyl sites for hydroxylation is 2. The normalized spacial score (nSPS) is 12.9. The molecule has 0 radical (unpaired) electrons. The molecule has 1 rings (SSSR count). The van der Waals surface area contributed by atoms with E-state index < -0.39 is 0 Å². The molecule has 0 heterocycles. The van der Waals surface area contributed by atoms with Gasteiger partial charge in [-0.1, -0.05) is 30.7 Å². The molecule has 1 N–H and O–H groups in total. The van der Waals surface area contributed by atoms with Gasteiger partial charge in [0.1, 0.15) is 0 Å². The van der Waals surface area contributed by atoms with Crippen molar-refractivity contribution in [1.82, 2.24) is 0 Å². The molecule has 0 spiro atoms. The van der Waals surface area contributed by atoms with Crippen molar-refractivity contribution in [3.63, 3.8) is 0 Å². The molecule has 1 atom stereocenters. The molecule has 0 saturated carbocycles. The fourth-order valence-corrected chi connectivity index (χ4v) is 1.68. The molecule has 0 fully saturated rings. The summed E-state index contributed by atoms with van der Waals surface area (Å²) in [5.41, 5.74) is 3.34. The lowest BCUT2D eigenvalue weighted by atomic mass is 10.0. The monoisotopic (exact) mass is 212 g/mol. The van der Waals surface area contributed by atoms with E-state index in [1.54, 1.807) is 0 Å². The van der Waals surface area contributed by atoms with Gasteiger partial charge in [0.15, 0.2) is 0 Å². The Labute approximate surface area is 90.7 Å². The second-order valence-corrected chi connectivity index (χ2v) is 4.19. The summed E-state index contributed by atoms with van der Waals surface area (Å²) in [4.78, 5) is 0. The van der Waals surface area contributed by atoms with Gasteiger partial charge in [0, 0.05) is 5.02 Å². The third kappa shape index (κ3) is 2.73. The number of aliphatic hydroxyl groups is 1. The van der Waals surface area contributed by atoms with Crippen LogP contribution in [0.5, 0.6) is 0 Å². The first-order chi connectivity index (χ1) is 6.54. The van der Waals surface area contributed by atoms with Gasteiger partial charge < -0.3 is 5.11 Å². The molecule has 2 heteroatoms. The van der Waals surface area contributed by atoms with Gasteiger partial charge in [-0.05, 0) is 43.4 Å². The molecule has 14 heavy (non-hydrogen) atoms.